The Balaban J connectivity index is 1.83. The summed E-state index contributed by atoms with van der Waals surface area (Å²) in [6.07, 6.45) is 2.20. The number of carbonyl (C=O) groups is 1. The van der Waals surface area contributed by atoms with E-state index in [2.05, 4.69) is 4.99 Å². The highest BCUT2D eigenvalue weighted by molar-refractivity contribution is 8.15. The van der Waals surface area contributed by atoms with Crippen LogP contribution in [0.4, 0.5) is 0 Å². The van der Waals surface area contributed by atoms with Crippen LogP contribution in [-0.2, 0) is 21.2 Å². The number of unbranched alkanes of at least 4 members (excludes halogenated alkanes) is 1. The van der Waals surface area contributed by atoms with Crippen LogP contribution >= 0.6 is 23.4 Å². The van der Waals surface area contributed by atoms with Gasteiger partial charge in [0.1, 0.15) is 0 Å². The molecule has 0 aromatic heterocycles. The maximum absolute atomic E-state index is 12.1. The minimum absolute atomic E-state index is 0.0463. The zero-order valence-corrected chi connectivity index (χ0v) is 16.4. The van der Waals surface area contributed by atoms with Gasteiger partial charge in [-0.2, -0.15) is 4.99 Å². The quantitative estimate of drug-likeness (QED) is 0.759. The first kappa shape index (κ1) is 18.7. The summed E-state index contributed by atoms with van der Waals surface area (Å²) in [4.78, 5) is 18.3. The highest BCUT2D eigenvalue weighted by Gasteiger charge is 2.48. The van der Waals surface area contributed by atoms with Gasteiger partial charge < -0.3 is 4.90 Å². The minimum Gasteiger partial charge on any atom is -0.342 e. The van der Waals surface area contributed by atoms with Crippen LogP contribution in [-0.4, -0.2) is 47.2 Å². The minimum atomic E-state index is -3.03. The van der Waals surface area contributed by atoms with Gasteiger partial charge in [0.05, 0.1) is 17.5 Å². The second kappa shape index (κ2) is 7.68. The molecule has 2 aliphatic heterocycles. The summed E-state index contributed by atoms with van der Waals surface area (Å²) in [6, 6.07) is 7.34. The largest absolute Gasteiger partial charge is 0.342 e. The van der Waals surface area contributed by atoms with E-state index in [9.17, 15) is 13.2 Å². The molecule has 136 valence electrons. The van der Waals surface area contributed by atoms with Gasteiger partial charge in [0.15, 0.2) is 15.0 Å². The van der Waals surface area contributed by atoms with Crippen molar-refractivity contribution >= 4 is 44.3 Å². The fourth-order valence-corrected chi connectivity index (χ4v) is 7.19. The number of hydrogen-bond acceptors (Lipinski definition) is 4. The van der Waals surface area contributed by atoms with Crippen LogP contribution in [0.5, 0.6) is 0 Å². The van der Waals surface area contributed by atoms with Crippen molar-refractivity contribution in [2.24, 2.45) is 4.99 Å². The Bertz CT molecular complexity index is 778. The molecule has 2 aliphatic rings. The van der Waals surface area contributed by atoms with Crippen molar-refractivity contribution in [1.82, 2.24) is 4.90 Å². The van der Waals surface area contributed by atoms with Gasteiger partial charge in [-0.3, -0.25) is 4.79 Å². The van der Waals surface area contributed by atoms with Crippen molar-refractivity contribution in [3.05, 3.63) is 34.9 Å². The Kier molecular flexibility index (Phi) is 5.75. The molecular formula is C17H21ClN2O3S2. The predicted molar refractivity (Wildman–Crippen MR) is 103 cm³/mol. The van der Waals surface area contributed by atoms with Crippen molar-refractivity contribution < 1.29 is 13.2 Å². The summed E-state index contributed by atoms with van der Waals surface area (Å²) in [5, 5.41) is 1.26. The third-order valence-corrected chi connectivity index (χ3v) is 7.91. The Labute approximate surface area is 157 Å². The molecule has 0 radical (unpaired) electrons. The number of rotatable bonds is 5. The van der Waals surface area contributed by atoms with Crippen molar-refractivity contribution in [2.75, 3.05) is 11.5 Å². The SMILES string of the molecule is CCCCC(=O)N=C1SC2CS(=O)(=O)CC2N1Cc1ccc(Cl)cc1. The second-order valence-corrected chi connectivity index (χ2v) is 10.2. The molecule has 2 unspecified atom stereocenters. The maximum Gasteiger partial charge on any atom is 0.248 e. The predicted octanol–water partition coefficient (Wildman–Crippen LogP) is 3.13. The number of aliphatic imine (C=N–C) groups is 1. The van der Waals surface area contributed by atoms with Gasteiger partial charge in [-0.25, -0.2) is 8.42 Å². The monoisotopic (exact) mass is 400 g/mol. The van der Waals surface area contributed by atoms with E-state index in [1.54, 1.807) is 0 Å². The highest BCUT2D eigenvalue weighted by atomic mass is 35.5. The Hall–Kier alpha value is -1.05. The molecule has 25 heavy (non-hydrogen) atoms. The van der Waals surface area contributed by atoms with Crippen LogP contribution in [0.25, 0.3) is 0 Å². The number of sulfone groups is 1. The third-order valence-electron chi connectivity index (χ3n) is 4.41. The molecule has 0 spiro atoms. The molecule has 0 N–H and O–H groups in total. The molecule has 5 nitrogen and oxygen atoms in total. The Morgan fingerprint density at radius 2 is 2.04 bits per heavy atom. The molecular weight excluding hydrogens is 380 g/mol. The number of hydrogen-bond donors (Lipinski definition) is 0. The average Bonchev–Trinajstić information content (AvgIpc) is 3.00. The first-order valence-corrected chi connectivity index (χ1v) is 11.5. The van der Waals surface area contributed by atoms with Gasteiger partial charge in [-0.15, -0.1) is 0 Å². The van der Waals surface area contributed by atoms with Crippen molar-refractivity contribution in [2.45, 2.75) is 44.0 Å². The Morgan fingerprint density at radius 3 is 2.72 bits per heavy atom. The molecule has 1 amide bonds. The molecule has 0 bridgehead atoms. The summed E-state index contributed by atoms with van der Waals surface area (Å²) in [7, 11) is -3.03. The van der Waals surface area contributed by atoms with Gasteiger partial charge in [0.25, 0.3) is 0 Å². The first-order valence-electron chi connectivity index (χ1n) is 8.37. The number of nitrogens with zero attached hydrogens (tertiary/aromatic N) is 2. The van der Waals surface area contributed by atoms with E-state index in [4.69, 9.17) is 11.6 Å². The van der Waals surface area contributed by atoms with E-state index in [0.717, 1.165) is 18.4 Å². The van der Waals surface area contributed by atoms with Crippen LogP contribution in [0, 0.1) is 0 Å². The molecule has 1 aromatic carbocycles. The van der Waals surface area contributed by atoms with Crippen LogP contribution < -0.4 is 0 Å². The van der Waals surface area contributed by atoms with E-state index in [1.807, 2.05) is 36.1 Å². The van der Waals surface area contributed by atoms with Crippen LogP contribution in [0.15, 0.2) is 29.3 Å². The van der Waals surface area contributed by atoms with Gasteiger partial charge in [0.2, 0.25) is 5.91 Å². The van der Waals surface area contributed by atoms with Gasteiger partial charge in [0, 0.05) is 23.2 Å². The number of amides is 1. The van der Waals surface area contributed by atoms with E-state index in [1.165, 1.54) is 11.8 Å². The number of halogens is 1. The molecule has 2 atom stereocenters. The van der Waals surface area contributed by atoms with Crippen LogP contribution in [0.2, 0.25) is 5.02 Å². The van der Waals surface area contributed by atoms with E-state index < -0.39 is 9.84 Å². The molecule has 0 saturated carbocycles. The van der Waals surface area contributed by atoms with E-state index >= 15 is 0 Å². The summed E-state index contributed by atoms with van der Waals surface area (Å²) < 4.78 is 24.0. The lowest BCUT2D eigenvalue weighted by atomic mass is 10.1. The maximum atomic E-state index is 12.1. The summed E-state index contributed by atoms with van der Waals surface area (Å²) in [6.45, 7) is 2.56. The standard InChI is InChI=1S/C17H21ClN2O3S2/c1-2-3-4-16(21)19-17-20(9-12-5-7-13(18)8-6-12)14-10-25(22,23)11-15(14)24-17/h5-8,14-15H,2-4,9-11H2,1H3. The summed E-state index contributed by atoms with van der Waals surface area (Å²) in [5.41, 5.74) is 1.02. The highest BCUT2D eigenvalue weighted by Crippen LogP contribution is 2.39. The molecule has 3 rings (SSSR count). The molecule has 2 fully saturated rings. The van der Waals surface area contributed by atoms with Crippen LogP contribution in [0.1, 0.15) is 31.7 Å². The van der Waals surface area contributed by atoms with Crippen molar-refractivity contribution in [3.8, 4) is 0 Å². The second-order valence-electron chi connectivity index (χ2n) is 6.45. The fraction of sp³-hybridized carbons (Fsp3) is 0.529. The number of fused-ring (bicyclic) bond motifs is 1. The first-order chi connectivity index (χ1) is 11.9. The van der Waals surface area contributed by atoms with Gasteiger partial charge in [-0.05, 0) is 24.1 Å². The zero-order valence-electron chi connectivity index (χ0n) is 14.0. The number of benzene rings is 1. The van der Waals surface area contributed by atoms with Crippen molar-refractivity contribution in [3.63, 3.8) is 0 Å². The molecule has 1 aromatic rings. The smallest absolute Gasteiger partial charge is 0.248 e. The number of thioether (sulfide) groups is 1. The van der Waals surface area contributed by atoms with Crippen molar-refractivity contribution in [1.29, 1.82) is 0 Å². The fourth-order valence-electron chi connectivity index (χ4n) is 3.10. The average molecular weight is 401 g/mol. The number of carbonyl (C=O) groups excluding carboxylic acids is 1. The summed E-state index contributed by atoms with van der Waals surface area (Å²) >= 11 is 7.36. The normalized spacial score (nSPS) is 26.2. The molecule has 2 saturated heterocycles. The topological polar surface area (TPSA) is 66.8 Å². The van der Waals surface area contributed by atoms with Gasteiger partial charge in [-0.1, -0.05) is 48.8 Å². The zero-order chi connectivity index (χ0) is 18.0. The third kappa shape index (κ3) is 4.57. The number of amidine groups is 1. The lowest BCUT2D eigenvalue weighted by molar-refractivity contribution is -0.117. The molecule has 2 heterocycles. The molecule has 0 aliphatic carbocycles. The van der Waals surface area contributed by atoms with Crippen LogP contribution in [0.3, 0.4) is 0 Å². The summed E-state index contributed by atoms with van der Waals surface area (Å²) in [5.74, 6) is 0.149. The van der Waals surface area contributed by atoms with Gasteiger partial charge >= 0.3 is 0 Å². The Morgan fingerprint density at radius 1 is 1.32 bits per heavy atom. The van der Waals surface area contributed by atoms with E-state index in [0.29, 0.717) is 23.2 Å². The lowest BCUT2D eigenvalue weighted by Gasteiger charge is -2.24. The van der Waals surface area contributed by atoms with E-state index in [-0.39, 0.29) is 28.7 Å². The lowest BCUT2D eigenvalue weighted by Crippen LogP contribution is -2.37. The molecule has 8 heteroatoms.